The van der Waals surface area contributed by atoms with Crippen molar-refractivity contribution in [1.29, 1.82) is 5.26 Å². The van der Waals surface area contributed by atoms with Crippen LogP contribution in [0.2, 0.25) is 5.02 Å². The van der Waals surface area contributed by atoms with Gasteiger partial charge in [-0.15, -0.1) is 11.8 Å². The van der Waals surface area contributed by atoms with Crippen molar-refractivity contribution >= 4 is 23.4 Å². The third-order valence-electron chi connectivity index (χ3n) is 3.51. The number of pyridine rings is 1. The van der Waals surface area contributed by atoms with Crippen LogP contribution in [0.25, 0.3) is 22.4 Å². The maximum atomic E-state index is 8.67. The van der Waals surface area contributed by atoms with Crippen LogP contribution in [0.1, 0.15) is 12.8 Å². The summed E-state index contributed by atoms with van der Waals surface area (Å²) in [7, 11) is 0. The minimum Gasteiger partial charge on any atom is -0.276 e. The number of benzene rings is 1. The number of unbranched alkanes of at least 4 members (excludes halogenated alkanes) is 1. The molecule has 0 fully saturated rings. The predicted octanol–water partition coefficient (Wildman–Crippen LogP) is 5.19. The van der Waals surface area contributed by atoms with Gasteiger partial charge in [0.1, 0.15) is 5.03 Å². The SMILES string of the molecule is N#CCCCSc1n[nH]c(-c2ccc(Cl)cc2)c1-c1ccncc1. The summed E-state index contributed by atoms with van der Waals surface area (Å²) in [6.07, 6.45) is 4.96. The summed E-state index contributed by atoms with van der Waals surface area (Å²) in [5.41, 5.74) is 4.11. The molecule has 0 aliphatic heterocycles. The van der Waals surface area contributed by atoms with Crippen LogP contribution in [-0.2, 0) is 0 Å². The largest absolute Gasteiger partial charge is 0.276 e. The van der Waals surface area contributed by atoms with E-state index >= 15 is 0 Å². The zero-order chi connectivity index (χ0) is 16.8. The van der Waals surface area contributed by atoms with Crippen molar-refractivity contribution in [2.24, 2.45) is 0 Å². The number of aromatic amines is 1. The van der Waals surface area contributed by atoms with Crippen molar-refractivity contribution in [3.05, 3.63) is 53.8 Å². The predicted molar refractivity (Wildman–Crippen MR) is 97.8 cm³/mol. The molecule has 0 atom stereocenters. The molecule has 24 heavy (non-hydrogen) atoms. The van der Waals surface area contributed by atoms with E-state index in [-0.39, 0.29) is 0 Å². The minimum absolute atomic E-state index is 0.562. The Morgan fingerprint density at radius 3 is 2.54 bits per heavy atom. The average molecular weight is 355 g/mol. The van der Waals surface area contributed by atoms with Gasteiger partial charge in [0.25, 0.3) is 0 Å². The van der Waals surface area contributed by atoms with Crippen LogP contribution in [0, 0.1) is 11.3 Å². The van der Waals surface area contributed by atoms with E-state index in [1.807, 2.05) is 36.4 Å². The Labute approximate surface area is 149 Å². The Hall–Kier alpha value is -2.29. The van der Waals surface area contributed by atoms with Gasteiger partial charge < -0.3 is 0 Å². The van der Waals surface area contributed by atoms with E-state index in [0.717, 1.165) is 39.6 Å². The molecule has 0 bridgehead atoms. The smallest absolute Gasteiger partial charge is 0.126 e. The third kappa shape index (κ3) is 3.78. The number of H-pyrrole nitrogens is 1. The van der Waals surface area contributed by atoms with Crippen LogP contribution in [0.3, 0.4) is 0 Å². The van der Waals surface area contributed by atoms with Gasteiger partial charge in [-0.05, 0) is 36.2 Å². The van der Waals surface area contributed by atoms with Gasteiger partial charge in [0.15, 0.2) is 0 Å². The molecule has 1 aromatic carbocycles. The van der Waals surface area contributed by atoms with Gasteiger partial charge in [-0.2, -0.15) is 10.4 Å². The summed E-state index contributed by atoms with van der Waals surface area (Å²) in [5, 5.41) is 18.0. The monoisotopic (exact) mass is 354 g/mol. The number of nitrogens with zero attached hydrogens (tertiary/aromatic N) is 3. The Kier molecular flexibility index (Phi) is 5.52. The normalized spacial score (nSPS) is 10.5. The summed E-state index contributed by atoms with van der Waals surface area (Å²) < 4.78 is 0. The van der Waals surface area contributed by atoms with E-state index in [4.69, 9.17) is 16.9 Å². The molecule has 1 N–H and O–H groups in total. The van der Waals surface area contributed by atoms with Crippen LogP contribution >= 0.6 is 23.4 Å². The van der Waals surface area contributed by atoms with Gasteiger partial charge in [-0.1, -0.05) is 23.7 Å². The second-order valence-electron chi connectivity index (χ2n) is 5.13. The molecule has 0 aliphatic rings. The maximum Gasteiger partial charge on any atom is 0.126 e. The van der Waals surface area contributed by atoms with Crippen molar-refractivity contribution in [3.63, 3.8) is 0 Å². The van der Waals surface area contributed by atoms with Crippen molar-refractivity contribution in [1.82, 2.24) is 15.2 Å². The number of thioether (sulfide) groups is 1. The number of nitriles is 1. The van der Waals surface area contributed by atoms with Gasteiger partial charge in [-0.25, -0.2) is 0 Å². The van der Waals surface area contributed by atoms with Gasteiger partial charge >= 0.3 is 0 Å². The molecule has 0 spiro atoms. The van der Waals surface area contributed by atoms with Crippen LogP contribution in [0.15, 0.2) is 53.8 Å². The lowest BCUT2D eigenvalue weighted by molar-refractivity contribution is 0.968. The average Bonchev–Trinajstić information content (AvgIpc) is 3.04. The molecule has 0 unspecified atom stereocenters. The molecule has 0 saturated heterocycles. The summed E-state index contributed by atoms with van der Waals surface area (Å²) in [6.45, 7) is 0. The highest BCUT2D eigenvalue weighted by atomic mass is 35.5. The molecule has 4 nitrogen and oxygen atoms in total. The Balaban J connectivity index is 1.98. The lowest BCUT2D eigenvalue weighted by Gasteiger charge is -2.06. The van der Waals surface area contributed by atoms with Crippen LogP contribution in [0.4, 0.5) is 0 Å². The maximum absolute atomic E-state index is 8.67. The highest BCUT2D eigenvalue weighted by Crippen LogP contribution is 2.38. The van der Waals surface area contributed by atoms with Crippen molar-refractivity contribution < 1.29 is 0 Å². The number of hydrogen-bond acceptors (Lipinski definition) is 4. The molecule has 0 amide bonds. The first kappa shape index (κ1) is 16.6. The molecule has 0 radical (unpaired) electrons. The lowest BCUT2D eigenvalue weighted by atomic mass is 10.0. The molecule has 3 rings (SSSR count). The first-order valence-corrected chi connectivity index (χ1v) is 8.90. The van der Waals surface area contributed by atoms with Crippen LogP contribution < -0.4 is 0 Å². The van der Waals surface area contributed by atoms with Crippen LogP contribution in [0.5, 0.6) is 0 Å². The van der Waals surface area contributed by atoms with Crippen molar-refractivity contribution in [3.8, 4) is 28.5 Å². The number of nitrogens with one attached hydrogen (secondary N) is 1. The Morgan fingerprint density at radius 1 is 1.08 bits per heavy atom. The highest BCUT2D eigenvalue weighted by molar-refractivity contribution is 7.99. The quantitative estimate of drug-likeness (QED) is 0.488. The third-order valence-corrected chi connectivity index (χ3v) is 4.82. The summed E-state index contributed by atoms with van der Waals surface area (Å²) in [5.74, 6) is 0.858. The Bertz CT molecular complexity index is 838. The van der Waals surface area contributed by atoms with Gasteiger partial charge in [0.05, 0.1) is 11.8 Å². The molecule has 0 saturated carbocycles. The number of rotatable bonds is 6. The van der Waals surface area contributed by atoms with E-state index in [9.17, 15) is 0 Å². The zero-order valence-corrected chi connectivity index (χ0v) is 14.4. The molecule has 0 aliphatic carbocycles. The second-order valence-corrected chi connectivity index (χ2v) is 6.65. The fourth-order valence-corrected chi connectivity index (χ4v) is 3.44. The van der Waals surface area contributed by atoms with Crippen molar-refractivity contribution in [2.75, 3.05) is 5.75 Å². The van der Waals surface area contributed by atoms with Gasteiger partial charge in [0, 0.05) is 40.7 Å². The summed E-state index contributed by atoms with van der Waals surface area (Å²) in [4.78, 5) is 4.09. The van der Waals surface area contributed by atoms with Crippen LogP contribution in [-0.4, -0.2) is 20.9 Å². The molecule has 3 aromatic rings. The zero-order valence-electron chi connectivity index (χ0n) is 12.9. The first-order chi connectivity index (χ1) is 11.8. The van der Waals surface area contributed by atoms with E-state index < -0.39 is 0 Å². The summed E-state index contributed by atoms with van der Waals surface area (Å²) in [6, 6.07) is 13.8. The second kappa shape index (κ2) is 8.00. The van der Waals surface area contributed by atoms with Crippen molar-refractivity contribution in [2.45, 2.75) is 17.9 Å². The summed E-state index contributed by atoms with van der Waals surface area (Å²) >= 11 is 7.66. The standard InChI is InChI=1S/C18H15ClN4S/c19-15-5-3-14(4-6-15)17-16(13-7-10-21-11-8-13)18(23-22-17)24-12-2-1-9-20/h3-8,10-11H,1-2,12H2,(H,22,23). The van der Waals surface area contributed by atoms with E-state index in [0.29, 0.717) is 11.4 Å². The number of aromatic nitrogens is 3. The fourth-order valence-electron chi connectivity index (χ4n) is 2.36. The van der Waals surface area contributed by atoms with E-state index in [2.05, 4.69) is 21.3 Å². The van der Waals surface area contributed by atoms with E-state index in [1.54, 1.807) is 24.2 Å². The first-order valence-electron chi connectivity index (χ1n) is 7.54. The Morgan fingerprint density at radius 2 is 1.83 bits per heavy atom. The molecule has 2 aromatic heterocycles. The van der Waals surface area contributed by atoms with Gasteiger partial charge in [0.2, 0.25) is 0 Å². The highest BCUT2D eigenvalue weighted by Gasteiger charge is 2.17. The minimum atomic E-state index is 0.562. The fraction of sp³-hybridized carbons (Fsp3) is 0.167. The molecular weight excluding hydrogens is 340 g/mol. The molecule has 2 heterocycles. The topological polar surface area (TPSA) is 65.4 Å². The lowest BCUT2D eigenvalue weighted by Crippen LogP contribution is -1.86. The van der Waals surface area contributed by atoms with Gasteiger partial charge in [-0.3, -0.25) is 10.1 Å². The number of halogens is 1. The number of hydrogen-bond donors (Lipinski definition) is 1. The molecule has 120 valence electrons. The van der Waals surface area contributed by atoms with E-state index in [1.165, 1.54) is 0 Å². The molecule has 6 heteroatoms. The molecular formula is C18H15ClN4S.